The fraction of sp³-hybridized carbons (Fsp3) is 0.188. The second kappa shape index (κ2) is 5.35. The van der Waals surface area contributed by atoms with Gasteiger partial charge < -0.3 is 14.9 Å². The average molecular weight is 267 g/mol. The molecule has 0 unspecified atom stereocenters. The predicted molar refractivity (Wildman–Crippen MR) is 79.9 cm³/mol. The third-order valence-electron chi connectivity index (χ3n) is 3.39. The van der Waals surface area contributed by atoms with Gasteiger partial charge in [0.05, 0.1) is 18.8 Å². The Morgan fingerprint density at radius 2 is 2.10 bits per heavy atom. The van der Waals surface area contributed by atoms with Gasteiger partial charge in [0, 0.05) is 18.2 Å². The number of pyridine rings is 1. The highest BCUT2D eigenvalue weighted by Crippen LogP contribution is 2.30. The van der Waals surface area contributed by atoms with Crippen molar-refractivity contribution >= 4 is 5.52 Å². The number of imidazole rings is 1. The maximum atomic E-state index is 5.60. The average Bonchev–Trinajstić information content (AvgIpc) is 2.90. The minimum absolute atomic E-state index is 0.605. The van der Waals surface area contributed by atoms with Crippen molar-refractivity contribution in [3.05, 3.63) is 54.6 Å². The molecule has 20 heavy (non-hydrogen) atoms. The predicted octanol–water partition coefficient (Wildman–Crippen LogP) is 2.51. The lowest BCUT2D eigenvalue weighted by Crippen LogP contribution is -2.06. The first-order chi connectivity index (χ1) is 9.83. The van der Waals surface area contributed by atoms with Gasteiger partial charge in [0.2, 0.25) is 0 Å². The normalized spacial score (nSPS) is 10.9. The summed E-state index contributed by atoms with van der Waals surface area (Å²) in [5, 5.41) is 0. The van der Waals surface area contributed by atoms with E-state index in [4.69, 9.17) is 10.5 Å². The first-order valence-electron chi connectivity index (χ1n) is 6.63. The van der Waals surface area contributed by atoms with Gasteiger partial charge in [0.1, 0.15) is 11.6 Å². The molecule has 0 saturated heterocycles. The summed E-state index contributed by atoms with van der Waals surface area (Å²) >= 11 is 0. The van der Waals surface area contributed by atoms with Crippen LogP contribution in [0.25, 0.3) is 16.6 Å². The zero-order valence-electron chi connectivity index (χ0n) is 11.4. The standard InChI is InChI=1S/C16H17N3O/c1-20-15-5-3-2-4-14(15)12-7-9-19-13(10-12)11-18-16(19)6-8-17/h2-5,7,9-11H,6,8,17H2,1H3. The van der Waals surface area contributed by atoms with E-state index in [9.17, 15) is 0 Å². The van der Waals surface area contributed by atoms with E-state index in [-0.39, 0.29) is 0 Å². The van der Waals surface area contributed by atoms with Crippen molar-refractivity contribution in [1.29, 1.82) is 0 Å². The van der Waals surface area contributed by atoms with Crippen molar-refractivity contribution in [2.24, 2.45) is 5.73 Å². The van der Waals surface area contributed by atoms with Crippen LogP contribution in [-0.4, -0.2) is 23.0 Å². The smallest absolute Gasteiger partial charge is 0.126 e. The number of nitrogens with zero attached hydrogens (tertiary/aromatic N) is 2. The van der Waals surface area contributed by atoms with Crippen molar-refractivity contribution in [2.75, 3.05) is 13.7 Å². The number of benzene rings is 1. The molecule has 0 radical (unpaired) electrons. The summed E-state index contributed by atoms with van der Waals surface area (Å²) in [4.78, 5) is 4.41. The van der Waals surface area contributed by atoms with E-state index in [0.29, 0.717) is 6.54 Å². The topological polar surface area (TPSA) is 52.5 Å². The molecule has 4 nitrogen and oxygen atoms in total. The van der Waals surface area contributed by atoms with Crippen LogP contribution in [0.4, 0.5) is 0 Å². The molecule has 3 rings (SSSR count). The molecular formula is C16H17N3O. The van der Waals surface area contributed by atoms with Crippen LogP contribution < -0.4 is 10.5 Å². The van der Waals surface area contributed by atoms with Crippen molar-refractivity contribution in [3.63, 3.8) is 0 Å². The molecule has 0 spiro atoms. The number of methoxy groups -OCH3 is 1. The lowest BCUT2D eigenvalue weighted by Gasteiger charge is -2.09. The molecule has 102 valence electrons. The Kier molecular flexibility index (Phi) is 3.39. The van der Waals surface area contributed by atoms with Crippen LogP contribution in [0.5, 0.6) is 5.75 Å². The third kappa shape index (κ3) is 2.14. The molecule has 0 atom stereocenters. The molecule has 1 aromatic carbocycles. The number of hydrogen-bond acceptors (Lipinski definition) is 3. The Hall–Kier alpha value is -2.33. The number of rotatable bonds is 4. The Balaban J connectivity index is 2.09. The fourth-order valence-corrected chi connectivity index (χ4v) is 2.42. The number of ether oxygens (including phenoxy) is 1. The van der Waals surface area contributed by atoms with Gasteiger partial charge >= 0.3 is 0 Å². The second-order valence-corrected chi connectivity index (χ2v) is 4.62. The van der Waals surface area contributed by atoms with Crippen LogP contribution in [0.1, 0.15) is 5.82 Å². The molecule has 2 heterocycles. The molecule has 0 aliphatic heterocycles. The summed E-state index contributed by atoms with van der Waals surface area (Å²) in [5.74, 6) is 1.87. The molecule has 0 fully saturated rings. The van der Waals surface area contributed by atoms with Crippen LogP contribution in [0.2, 0.25) is 0 Å². The van der Waals surface area contributed by atoms with E-state index in [1.807, 2.05) is 30.6 Å². The zero-order chi connectivity index (χ0) is 13.9. The van der Waals surface area contributed by atoms with E-state index < -0.39 is 0 Å². The number of fused-ring (bicyclic) bond motifs is 1. The molecule has 3 aromatic rings. The Morgan fingerprint density at radius 1 is 1.25 bits per heavy atom. The third-order valence-corrected chi connectivity index (χ3v) is 3.39. The summed E-state index contributed by atoms with van der Waals surface area (Å²) in [6, 6.07) is 12.2. The van der Waals surface area contributed by atoms with Gasteiger partial charge in [-0.3, -0.25) is 0 Å². The van der Waals surface area contributed by atoms with Crippen LogP contribution in [0, 0.1) is 0 Å². The maximum Gasteiger partial charge on any atom is 0.126 e. The van der Waals surface area contributed by atoms with Gasteiger partial charge in [-0.1, -0.05) is 18.2 Å². The summed E-state index contributed by atoms with van der Waals surface area (Å²) in [6.07, 6.45) is 4.70. The van der Waals surface area contributed by atoms with E-state index in [0.717, 1.165) is 34.6 Å². The van der Waals surface area contributed by atoms with Gasteiger partial charge in [-0.15, -0.1) is 0 Å². The molecule has 2 aromatic heterocycles. The SMILES string of the molecule is COc1ccccc1-c1ccn2c(CCN)ncc2c1. The first kappa shape index (κ1) is 12.7. The van der Waals surface area contributed by atoms with Crippen LogP contribution in [-0.2, 0) is 6.42 Å². The van der Waals surface area contributed by atoms with Crippen molar-refractivity contribution in [2.45, 2.75) is 6.42 Å². The zero-order valence-corrected chi connectivity index (χ0v) is 11.4. The number of para-hydroxylation sites is 1. The molecule has 0 saturated carbocycles. The summed E-state index contributed by atoms with van der Waals surface area (Å²) in [6.45, 7) is 0.605. The highest BCUT2D eigenvalue weighted by atomic mass is 16.5. The summed E-state index contributed by atoms with van der Waals surface area (Å²) in [5.41, 5.74) is 8.87. The van der Waals surface area contributed by atoms with E-state index in [1.165, 1.54) is 0 Å². The molecule has 0 bridgehead atoms. The minimum atomic E-state index is 0.605. The monoisotopic (exact) mass is 267 g/mol. The molecule has 0 aliphatic rings. The first-order valence-corrected chi connectivity index (χ1v) is 6.63. The highest BCUT2D eigenvalue weighted by molar-refractivity contribution is 5.73. The molecule has 0 aliphatic carbocycles. The van der Waals surface area contributed by atoms with Gasteiger partial charge in [-0.2, -0.15) is 0 Å². The minimum Gasteiger partial charge on any atom is -0.496 e. The van der Waals surface area contributed by atoms with Crippen molar-refractivity contribution < 1.29 is 4.74 Å². The molecule has 0 amide bonds. The molecule has 4 heteroatoms. The number of nitrogens with two attached hydrogens (primary N) is 1. The van der Waals surface area contributed by atoms with Gasteiger partial charge in [0.25, 0.3) is 0 Å². The molecule has 2 N–H and O–H groups in total. The Labute approximate surface area is 117 Å². The Morgan fingerprint density at radius 3 is 2.90 bits per heavy atom. The summed E-state index contributed by atoms with van der Waals surface area (Å²) < 4.78 is 7.49. The van der Waals surface area contributed by atoms with Gasteiger partial charge in [-0.25, -0.2) is 4.98 Å². The quantitative estimate of drug-likeness (QED) is 0.790. The lowest BCUT2D eigenvalue weighted by atomic mass is 10.1. The van der Waals surface area contributed by atoms with Crippen LogP contribution in [0.3, 0.4) is 0 Å². The number of hydrogen-bond donors (Lipinski definition) is 1. The lowest BCUT2D eigenvalue weighted by molar-refractivity contribution is 0.416. The van der Waals surface area contributed by atoms with Crippen molar-refractivity contribution in [3.8, 4) is 16.9 Å². The van der Waals surface area contributed by atoms with E-state index >= 15 is 0 Å². The maximum absolute atomic E-state index is 5.60. The summed E-state index contributed by atoms with van der Waals surface area (Å²) in [7, 11) is 1.69. The van der Waals surface area contributed by atoms with Crippen molar-refractivity contribution in [1.82, 2.24) is 9.38 Å². The van der Waals surface area contributed by atoms with Crippen LogP contribution in [0.15, 0.2) is 48.8 Å². The van der Waals surface area contributed by atoms with Gasteiger partial charge in [-0.05, 0) is 30.3 Å². The highest BCUT2D eigenvalue weighted by Gasteiger charge is 2.08. The van der Waals surface area contributed by atoms with Crippen LogP contribution >= 0.6 is 0 Å². The Bertz CT molecular complexity index is 733. The second-order valence-electron chi connectivity index (χ2n) is 4.62. The fourth-order valence-electron chi connectivity index (χ4n) is 2.42. The van der Waals surface area contributed by atoms with Gasteiger partial charge in [0.15, 0.2) is 0 Å². The largest absolute Gasteiger partial charge is 0.496 e. The molecular weight excluding hydrogens is 250 g/mol. The van der Waals surface area contributed by atoms with E-state index in [1.54, 1.807) is 7.11 Å². The number of aromatic nitrogens is 2. The van der Waals surface area contributed by atoms with E-state index in [2.05, 4.69) is 27.6 Å².